The monoisotopic (exact) mass is 527 g/mol. The number of esters is 1. The minimum Gasteiger partial charge on any atom is -0.466 e. The molecule has 0 aliphatic carbocycles. The fourth-order valence-corrected chi connectivity index (χ4v) is 3.56. The average molecular weight is 528 g/mol. The zero-order chi connectivity index (χ0) is 27.5. The van der Waals surface area contributed by atoms with Crippen molar-refractivity contribution in [1.29, 1.82) is 0 Å². The Morgan fingerprint density at radius 1 is 0.868 bits per heavy atom. The van der Waals surface area contributed by atoms with Crippen molar-refractivity contribution in [2.24, 2.45) is 0 Å². The van der Waals surface area contributed by atoms with Gasteiger partial charge < -0.3 is 20.7 Å². The number of hydrogen-bond acceptors (Lipinski definition) is 5. The molecule has 0 aliphatic rings. The van der Waals surface area contributed by atoms with Crippen LogP contribution in [-0.2, 0) is 26.9 Å². The van der Waals surface area contributed by atoms with Crippen molar-refractivity contribution in [1.82, 2.24) is 5.32 Å². The first kappa shape index (κ1) is 28.2. The van der Waals surface area contributed by atoms with Crippen molar-refractivity contribution >= 4 is 29.2 Å². The molecule has 0 fully saturated rings. The van der Waals surface area contributed by atoms with Crippen molar-refractivity contribution in [2.75, 3.05) is 23.8 Å². The maximum Gasteiger partial charge on any atom is 0.416 e. The minimum absolute atomic E-state index is 0.0639. The van der Waals surface area contributed by atoms with Gasteiger partial charge in [0, 0.05) is 29.9 Å². The van der Waals surface area contributed by atoms with Crippen LogP contribution in [0.2, 0.25) is 0 Å². The molecule has 0 unspecified atom stereocenters. The summed E-state index contributed by atoms with van der Waals surface area (Å²) in [5, 5.41) is 8.44. The molecule has 2 amide bonds. The lowest BCUT2D eigenvalue weighted by atomic mass is 10.0. The predicted molar refractivity (Wildman–Crippen MR) is 138 cm³/mol. The summed E-state index contributed by atoms with van der Waals surface area (Å²) in [7, 11) is 0. The molecule has 0 aromatic heterocycles. The normalized spacial score (nSPS) is 11.8. The number of carbonyl (C=O) groups is 3. The van der Waals surface area contributed by atoms with Crippen LogP contribution in [0.25, 0.3) is 0 Å². The third-order valence-corrected chi connectivity index (χ3v) is 5.49. The molecule has 3 N–H and O–H groups in total. The van der Waals surface area contributed by atoms with Crippen LogP contribution >= 0.6 is 0 Å². The number of rotatable bonds is 11. The second kappa shape index (κ2) is 13.3. The number of anilines is 2. The van der Waals surface area contributed by atoms with Crippen LogP contribution in [0.3, 0.4) is 0 Å². The zero-order valence-corrected chi connectivity index (χ0v) is 20.7. The molecule has 38 heavy (non-hydrogen) atoms. The third kappa shape index (κ3) is 8.65. The van der Waals surface area contributed by atoms with E-state index in [1.54, 1.807) is 31.2 Å². The maximum atomic E-state index is 13.1. The van der Waals surface area contributed by atoms with Gasteiger partial charge in [-0.15, -0.1) is 0 Å². The molecule has 0 saturated carbocycles. The third-order valence-electron chi connectivity index (χ3n) is 5.49. The van der Waals surface area contributed by atoms with Crippen LogP contribution in [0, 0.1) is 0 Å². The van der Waals surface area contributed by atoms with E-state index in [0.29, 0.717) is 17.7 Å². The molecular weight excluding hydrogens is 499 g/mol. The van der Waals surface area contributed by atoms with Gasteiger partial charge in [0.15, 0.2) is 0 Å². The van der Waals surface area contributed by atoms with E-state index in [1.807, 2.05) is 30.3 Å². The van der Waals surface area contributed by atoms with E-state index >= 15 is 0 Å². The van der Waals surface area contributed by atoms with E-state index in [4.69, 9.17) is 4.74 Å². The highest BCUT2D eigenvalue weighted by atomic mass is 19.4. The molecule has 3 aromatic rings. The zero-order valence-electron chi connectivity index (χ0n) is 20.7. The fraction of sp³-hybridized carbons (Fsp3) is 0.250. The molecule has 0 aliphatic heterocycles. The van der Waals surface area contributed by atoms with Gasteiger partial charge in [-0.3, -0.25) is 14.4 Å². The summed E-state index contributed by atoms with van der Waals surface area (Å²) in [6.07, 6.45) is -4.10. The van der Waals surface area contributed by atoms with Gasteiger partial charge in [-0.2, -0.15) is 13.2 Å². The second-order valence-corrected chi connectivity index (χ2v) is 8.34. The van der Waals surface area contributed by atoms with Crippen LogP contribution in [0.1, 0.15) is 34.8 Å². The van der Waals surface area contributed by atoms with Gasteiger partial charge in [0.1, 0.15) is 6.04 Å². The van der Waals surface area contributed by atoms with E-state index in [9.17, 15) is 27.6 Å². The Labute approximate surface area is 218 Å². The average Bonchev–Trinajstić information content (AvgIpc) is 2.89. The lowest BCUT2D eigenvalue weighted by molar-refractivity contribution is -0.143. The van der Waals surface area contributed by atoms with Gasteiger partial charge in [-0.05, 0) is 61.0 Å². The highest BCUT2D eigenvalue weighted by Crippen LogP contribution is 2.30. The Balaban J connectivity index is 1.67. The number of carbonyl (C=O) groups excluding carboxylic acids is 3. The first-order valence-electron chi connectivity index (χ1n) is 12.0. The summed E-state index contributed by atoms with van der Waals surface area (Å²) >= 11 is 0. The summed E-state index contributed by atoms with van der Waals surface area (Å²) in [6, 6.07) is 19.2. The quantitative estimate of drug-likeness (QED) is 0.303. The number of alkyl halides is 3. The Morgan fingerprint density at radius 3 is 2.11 bits per heavy atom. The van der Waals surface area contributed by atoms with Crippen LogP contribution < -0.4 is 16.0 Å². The molecule has 200 valence electrons. The van der Waals surface area contributed by atoms with Crippen LogP contribution in [-0.4, -0.2) is 37.0 Å². The van der Waals surface area contributed by atoms with E-state index in [0.717, 1.165) is 17.7 Å². The fourth-order valence-electron chi connectivity index (χ4n) is 3.56. The summed E-state index contributed by atoms with van der Waals surface area (Å²) in [5.41, 5.74) is 1.24. The van der Waals surface area contributed by atoms with Crippen molar-refractivity contribution in [2.45, 2.75) is 32.0 Å². The van der Waals surface area contributed by atoms with E-state index in [1.165, 1.54) is 12.1 Å². The summed E-state index contributed by atoms with van der Waals surface area (Å²) in [4.78, 5) is 36.8. The molecule has 10 heteroatoms. The lowest BCUT2D eigenvalue weighted by Gasteiger charge is -2.20. The maximum absolute atomic E-state index is 13.1. The highest BCUT2D eigenvalue weighted by molar-refractivity contribution is 5.97. The van der Waals surface area contributed by atoms with Gasteiger partial charge >= 0.3 is 12.1 Å². The molecule has 7 nitrogen and oxygen atoms in total. The van der Waals surface area contributed by atoms with Crippen molar-refractivity contribution in [3.05, 3.63) is 95.6 Å². The molecule has 0 heterocycles. The van der Waals surface area contributed by atoms with Crippen LogP contribution in [0.15, 0.2) is 78.9 Å². The Morgan fingerprint density at radius 2 is 1.50 bits per heavy atom. The number of halogens is 3. The van der Waals surface area contributed by atoms with E-state index in [-0.39, 0.29) is 31.2 Å². The molecule has 3 aromatic carbocycles. The van der Waals surface area contributed by atoms with E-state index < -0.39 is 29.7 Å². The van der Waals surface area contributed by atoms with Crippen molar-refractivity contribution < 1.29 is 32.3 Å². The van der Waals surface area contributed by atoms with Crippen LogP contribution in [0.4, 0.5) is 24.5 Å². The number of amides is 2. The number of ether oxygens (including phenoxy) is 1. The minimum atomic E-state index is -4.47. The molecule has 3 rings (SSSR count). The number of nitrogens with one attached hydrogen (secondary N) is 3. The number of benzene rings is 3. The Kier molecular flexibility index (Phi) is 9.86. The lowest BCUT2D eigenvalue weighted by Crippen LogP contribution is -2.36. The van der Waals surface area contributed by atoms with Gasteiger partial charge in [0.05, 0.1) is 18.6 Å². The molecule has 0 spiro atoms. The molecule has 0 radical (unpaired) electrons. The summed E-state index contributed by atoms with van der Waals surface area (Å²) < 4.78 is 43.4. The van der Waals surface area contributed by atoms with Gasteiger partial charge in [0.25, 0.3) is 5.91 Å². The predicted octanol–water partition coefficient (Wildman–Crippen LogP) is 5.05. The highest BCUT2D eigenvalue weighted by Gasteiger charge is 2.30. The number of hydrogen-bond donors (Lipinski definition) is 3. The molecule has 0 saturated heterocycles. The smallest absolute Gasteiger partial charge is 0.416 e. The molecule has 1 atom stereocenters. The first-order chi connectivity index (χ1) is 18.2. The summed E-state index contributed by atoms with van der Waals surface area (Å²) in [6.45, 7) is 2.12. The van der Waals surface area contributed by atoms with Crippen molar-refractivity contribution in [3.63, 3.8) is 0 Å². The molecular formula is C28H28F3N3O4. The largest absolute Gasteiger partial charge is 0.466 e. The van der Waals surface area contributed by atoms with Crippen LogP contribution in [0.5, 0.6) is 0 Å². The summed E-state index contributed by atoms with van der Waals surface area (Å²) in [5.74, 6) is -1.19. The SMILES string of the molecule is CCOC(=O)CCNC(=O)c1ccc(N[C@@H](Cc2ccccc2)C(=O)Nc2ccc(C(F)(F)F)cc2)cc1. The standard InChI is InChI=1S/C28H28F3N3O4/c1-2-38-25(35)16-17-32-26(36)20-8-12-22(13-9-20)33-24(18-19-6-4-3-5-7-19)27(37)34-23-14-10-21(11-15-23)28(29,30)31/h3-15,24,33H,2,16-18H2,1H3,(H,32,36)(H,34,37)/t24-/m0/s1. The van der Waals surface area contributed by atoms with Gasteiger partial charge in [-0.1, -0.05) is 30.3 Å². The van der Waals surface area contributed by atoms with Gasteiger partial charge in [0.2, 0.25) is 5.91 Å². The topological polar surface area (TPSA) is 96.5 Å². The molecule has 0 bridgehead atoms. The van der Waals surface area contributed by atoms with Crippen molar-refractivity contribution in [3.8, 4) is 0 Å². The Hall–Kier alpha value is -4.34. The second-order valence-electron chi connectivity index (χ2n) is 8.34. The van der Waals surface area contributed by atoms with Gasteiger partial charge in [-0.25, -0.2) is 0 Å². The van der Waals surface area contributed by atoms with E-state index in [2.05, 4.69) is 16.0 Å². The first-order valence-corrected chi connectivity index (χ1v) is 12.0. The Bertz CT molecular complexity index is 1210.